The van der Waals surface area contributed by atoms with Gasteiger partial charge in [0, 0.05) is 25.3 Å². The quantitative estimate of drug-likeness (QED) is 0.755. The molecular weight excluding hydrogens is 237 g/mol. The van der Waals surface area contributed by atoms with Crippen molar-refractivity contribution in [3.63, 3.8) is 0 Å². The number of phenolic OH excluding ortho intramolecular Hbond substituents is 1. The lowest BCUT2D eigenvalue weighted by Crippen LogP contribution is -2.51. The topological polar surface area (TPSA) is 61.7 Å². The van der Waals surface area contributed by atoms with Crippen molar-refractivity contribution in [3.8, 4) is 5.75 Å². The van der Waals surface area contributed by atoms with Crippen molar-refractivity contribution in [2.75, 3.05) is 19.8 Å². The molecule has 0 spiro atoms. The number of nitrogens with one attached hydrogen (secondary N) is 1. The Bertz CT molecular complexity index is 405. The van der Waals surface area contributed by atoms with E-state index in [9.17, 15) is 9.50 Å². The van der Waals surface area contributed by atoms with Crippen LogP contribution < -0.4 is 5.32 Å². The van der Waals surface area contributed by atoms with Crippen LogP contribution in [0.15, 0.2) is 18.2 Å². The number of benzene rings is 1. The molecule has 0 unspecified atom stereocenters. The maximum Gasteiger partial charge on any atom is 0.165 e. The molecular formula is C13H18FNO3. The number of ether oxygens (including phenoxy) is 1. The van der Waals surface area contributed by atoms with Gasteiger partial charge >= 0.3 is 0 Å². The van der Waals surface area contributed by atoms with Crippen molar-refractivity contribution >= 4 is 0 Å². The molecule has 1 saturated heterocycles. The summed E-state index contributed by atoms with van der Waals surface area (Å²) in [5, 5.41) is 21.9. The summed E-state index contributed by atoms with van der Waals surface area (Å²) in [4.78, 5) is 0. The van der Waals surface area contributed by atoms with E-state index in [0.717, 1.165) is 18.4 Å². The summed E-state index contributed by atoms with van der Waals surface area (Å²) in [6.45, 7) is 1.74. The number of aliphatic hydroxyl groups is 1. The highest BCUT2D eigenvalue weighted by atomic mass is 19.1. The van der Waals surface area contributed by atoms with Gasteiger partial charge in [-0.3, -0.25) is 0 Å². The molecule has 3 N–H and O–H groups in total. The van der Waals surface area contributed by atoms with Crippen molar-refractivity contribution in [3.05, 3.63) is 29.6 Å². The second kappa shape index (κ2) is 5.65. The highest BCUT2D eigenvalue weighted by Gasteiger charge is 2.31. The third-order valence-corrected chi connectivity index (χ3v) is 3.43. The Morgan fingerprint density at radius 1 is 1.33 bits per heavy atom. The zero-order valence-corrected chi connectivity index (χ0v) is 10.2. The van der Waals surface area contributed by atoms with Crippen molar-refractivity contribution in [1.82, 2.24) is 5.32 Å². The Kier molecular flexibility index (Phi) is 4.16. The maximum absolute atomic E-state index is 13.2. The van der Waals surface area contributed by atoms with Crippen LogP contribution in [0.5, 0.6) is 5.75 Å². The highest BCUT2D eigenvalue weighted by molar-refractivity contribution is 5.28. The van der Waals surface area contributed by atoms with Crippen LogP contribution in [0.4, 0.5) is 4.39 Å². The predicted octanol–water partition coefficient (Wildman–Crippen LogP) is 1.16. The lowest BCUT2D eigenvalue weighted by molar-refractivity contribution is 0.0111. The molecule has 0 saturated carbocycles. The minimum Gasteiger partial charge on any atom is -0.505 e. The third-order valence-electron chi connectivity index (χ3n) is 3.43. The molecule has 0 radical (unpaired) electrons. The van der Waals surface area contributed by atoms with Crippen LogP contribution in [0.25, 0.3) is 0 Å². The molecule has 0 aliphatic carbocycles. The van der Waals surface area contributed by atoms with Gasteiger partial charge in [-0.1, -0.05) is 6.07 Å². The molecule has 0 bridgehead atoms. The smallest absolute Gasteiger partial charge is 0.165 e. The fourth-order valence-electron chi connectivity index (χ4n) is 2.10. The first-order chi connectivity index (χ1) is 8.65. The molecule has 100 valence electrons. The molecule has 0 atom stereocenters. The zero-order valence-electron chi connectivity index (χ0n) is 10.2. The molecule has 0 aromatic heterocycles. The molecule has 1 aromatic rings. The number of halogens is 1. The van der Waals surface area contributed by atoms with Gasteiger partial charge in [-0.05, 0) is 30.5 Å². The first-order valence-electron chi connectivity index (χ1n) is 6.06. The normalized spacial score (nSPS) is 18.8. The van der Waals surface area contributed by atoms with Crippen LogP contribution in [0, 0.1) is 5.82 Å². The summed E-state index contributed by atoms with van der Waals surface area (Å²) < 4.78 is 18.4. The predicted molar refractivity (Wildman–Crippen MR) is 64.8 cm³/mol. The van der Waals surface area contributed by atoms with Gasteiger partial charge < -0.3 is 20.3 Å². The first kappa shape index (κ1) is 13.3. The monoisotopic (exact) mass is 255 g/mol. The van der Waals surface area contributed by atoms with Crippen LogP contribution >= 0.6 is 0 Å². The van der Waals surface area contributed by atoms with E-state index in [1.165, 1.54) is 12.1 Å². The standard InChI is InChI=1S/C13H18FNO3/c14-11-7-10(1-2-12(11)17)8-15-13(9-16)3-5-18-6-4-13/h1-2,7,15-17H,3-6,8-9H2. The van der Waals surface area contributed by atoms with Crippen LogP contribution in [-0.4, -0.2) is 35.6 Å². The zero-order chi connectivity index (χ0) is 13.0. The second-order valence-electron chi connectivity index (χ2n) is 4.69. The number of hydrogen-bond acceptors (Lipinski definition) is 4. The minimum atomic E-state index is -0.626. The van der Waals surface area contributed by atoms with Gasteiger partial charge in [0.15, 0.2) is 11.6 Å². The summed E-state index contributed by atoms with van der Waals surface area (Å²) >= 11 is 0. The van der Waals surface area contributed by atoms with Gasteiger partial charge in [-0.2, -0.15) is 0 Å². The van der Waals surface area contributed by atoms with E-state index in [0.29, 0.717) is 19.8 Å². The van der Waals surface area contributed by atoms with Gasteiger partial charge in [0.25, 0.3) is 0 Å². The van der Waals surface area contributed by atoms with E-state index in [4.69, 9.17) is 9.84 Å². The fraction of sp³-hybridized carbons (Fsp3) is 0.538. The van der Waals surface area contributed by atoms with E-state index >= 15 is 0 Å². The molecule has 1 fully saturated rings. The third kappa shape index (κ3) is 2.98. The summed E-state index contributed by atoms with van der Waals surface area (Å²) in [7, 11) is 0. The largest absolute Gasteiger partial charge is 0.505 e. The van der Waals surface area contributed by atoms with E-state index in [2.05, 4.69) is 5.32 Å². The van der Waals surface area contributed by atoms with Crippen LogP contribution in [0.3, 0.4) is 0 Å². The molecule has 5 heteroatoms. The fourth-order valence-corrected chi connectivity index (χ4v) is 2.10. The van der Waals surface area contributed by atoms with E-state index in [1.54, 1.807) is 6.07 Å². The van der Waals surface area contributed by atoms with Gasteiger partial charge in [-0.25, -0.2) is 4.39 Å². The van der Waals surface area contributed by atoms with E-state index in [1.807, 2.05) is 0 Å². The molecule has 18 heavy (non-hydrogen) atoms. The van der Waals surface area contributed by atoms with E-state index < -0.39 is 5.82 Å². The summed E-state index contributed by atoms with van der Waals surface area (Å²) in [6, 6.07) is 4.30. The molecule has 0 amide bonds. The molecule has 1 aromatic carbocycles. The molecule has 1 aliphatic rings. The lowest BCUT2D eigenvalue weighted by atomic mass is 9.90. The molecule has 4 nitrogen and oxygen atoms in total. The summed E-state index contributed by atoms with van der Waals surface area (Å²) in [5.41, 5.74) is 0.400. The van der Waals surface area contributed by atoms with Crippen molar-refractivity contribution in [1.29, 1.82) is 0 Å². The van der Waals surface area contributed by atoms with Crippen molar-refractivity contribution in [2.24, 2.45) is 0 Å². The molecule has 2 rings (SSSR count). The van der Waals surface area contributed by atoms with Crippen LogP contribution in [0.1, 0.15) is 18.4 Å². The number of aliphatic hydroxyl groups excluding tert-OH is 1. The average molecular weight is 255 g/mol. The number of phenols is 1. The van der Waals surface area contributed by atoms with Gasteiger partial charge in [-0.15, -0.1) is 0 Å². The Balaban J connectivity index is 1.98. The number of aromatic hydroxyl groups is 1. The van der Waals surface area contributed by atoms with Gasteiger partial charge in [0.2, 0.25) is 0 Å². The Hall–Kier alpha value is -1.17. The SMILES string of the molecule is OCC1(NCc2ccc(O)c(F)c2)CCOCC1. The number of rotatable bonds is 4. The summed E-state index contributed by atoms with van der Waals surface area (Å²) in [6.07, 6.45) is 1.48. The van der Waals surface area contributed by atoms with Gasteiger partial charge in [0.05, 0.1) is 6.61 Å². The Morgan fingerprint density at radius 3 is 2.67 bits per heavy atom. The molecule has 1 aliphatic heterocycles. The van der Waals surface area contributed by atoms with E-state index in [-0.39, 0.29) is 17.9 Å². The first-order valence-corrected chi connectivity index (χ1v) is 6.06. The van der Waals surface area contributed by atoms with Crippen molar-refractivity contribution < 1.29 is 19.3 Å². The maximum atomic E-state index is 13.2. The molecule has 1 heterocycles. The van der Waals surface area contributed by atoms with Gasteiger partial charge in [0.1, 0.15) is 0 Å². The van der Waals surface area contributed by atoms with Crippen LogP contribution in [-0.2, 0) is 11.3 Å². The number of hydrogen-bond donors (Lipinski definition) is 3. The van der Waals surface area contributed by atoms with Crippen LogP contribution in [0.2, 0.25) is 0 Å². The summed E-state index contributed by atoms with van der Waals surface area (Å²) in [5.74, 6) is -0.971. The lowest BCUT2D eigenvalue weighted by Gasteiger charge is -2.36. The van der Waals surface area contributed by atoms with Crippen molar-refractivity contribution in [2.45, 2.75) is 24.9 Å². The minimum absolute atomic E-state index is 0.0386. The Morgan fingerprint density at radius 2 is 2.06 bits per heavy atom. The Labute approximate surface area is 105 Å². The highest BCUT2D eigenvalue weighted by Crippen LogP contribution is 2.22. The second-order valence-corrected chi connectivity index (χ2v) is 4.69. The average Bonchev–Trinajstić information content (AvgIpc) is 2.41.